The Balaban J connectivity index is 1.29. The zero-order valence-electron chi connectivity index (χ0n) is 23.4. The van der Waals surface area contributed by atoms with E-state index in [1.165, 1.54) is 22.4 Å². The van der Waals surface area contributed by atoms with E-state index < -0.39 is 0 Å². The van der Waals surface area contributed by atoms with Crippen LogP contribution < -0.4 is 10.2 Å². The van der Waals surface area contributed by atoms with Crippen LogP contribution in [0, 0.1) is 0 Å². The Bertz CT molecular complexity index is 1500. The van der Waals surface area contributed by atoms with Gasteiger partial charge in [0.25, 0.3) is 0 Å². The molecule has 7 rings (SSSR count). The summed E-state index contributed by atoms with van der Waals surface area (Å²) in [6.45, 7) is 6.79. The summed E-state index contributed by atoms with van der Waals surface area (Å²) in [5.74, 6) is 1.24. The molecule has 1 N–H and O–H groups in total. The van der Waals surface area contributed by atoms with Gasteiger partial charge in [0.1, 0.15) is 12.4 Å². The van der Waals surface area contributed by atoms with Gasteiger partial charge in [0, 0.05) is 57.8 Å². The van der Waals surface area contributed by atoms with E-state index in [0.29, 0.717) is 32.2 Å². The van der Waals surface area contributed by atoms with Crippen molar-refractivity contribution < 1.29 is 14.3 Å². The normalized spacial score (nSPS) is 21.6. The van der Waals surface area contributed by atoms with Crippen LogP contribution in [0.2, 0.25) is 0 Å². The lowest BCUT2D eigenvalue weighted by atomic mass is 9.85. The van der Waals surface area contributed by atoms with Crippen molar-refractivity contribution in [2.75, 3.05) is 50.7 Å². The minimum atomic E-state index is -0.286. The first-order valence-corrected chi connectivity index (χ1v) is 14.5. The van der Waals surface area contributed by atoms with Crippen molar-refractivity contribution in [1.29, 1.82) is 0 Å². The zero-order valence-corrected chi connectivity index (χ0v) is 23.4. The Morgan fingerprint density at radius 2 is 1.68 bits per heavy atom. The number of fused-ring (bicyclic) bond motifs is 4. The van der Waals surface area contributed by atoms with Gasteiger partial charge >= 0.3 is 6.09 Å². The second kappa shape index (κ2) is 10.6. The highest BCUT2D eigenvalue weighted by atomic mass is 16.6. The summed E-state index contributed by atoms with van der Waals surface area (Å²) in [6.07, 6.45) is 7.06. The third-order valence-corrected chi connectivity index (χ3v) is 8.62. The maximum atomic E-state index is 13.4. The number of allylic oxidation sites excluding steroid dienone is 2. The number of carbonyl (C=O) groups excluding carboxylic acids is 2. The molecule has 0 unspecified atom stereocenters. The third-order valence-electron chi connectivity index (χ3n) is 8.62. The Hall–Kier alpha value is -4.30. The number of anilines is 1. The number of para-hydroxylation sites is 1. The summed E-state index contributed by atoms with van der Waals surface area (Å²) >= 11 is 0. The first-order chi connectivity index (χ1) is 20.1. The molecule has 0 bridgehead atoms. The van der Waals surface area contributed by atoms with E-state index in [0.717, 1.165) is 48.7 Å². The van der Waals surface area contributed by atoms with Gasteiger partial charge in [-0.05, 0) is 40.8 Å². The number of nitrogens with zero attached hydrogens (tertiary/aromatic N) is 4. The summed E-state index contributed by atoms with van der Waals surface area (Å²) < 4.78 is 5.78. The van der Waals surface area contributed by atoms with Crippen molar-refractivity contribution in [1.82, 2.24) is 20.0 Å². The molecule has 0 aliphatic carbocycles. The standard InChI is InChI=1S/C33H35N5O3/c1-23(39)35-16-18-36(19-17-35)32-27-21-37(33(40)41-22-24-8-3-2-4-9-24)15-14-26(27)31(28-20-34-28)30-13-7-11-25-10-5-6-12-29(25)38(30)32/h2-13,28,34H,14-22H2,1H3/t28-/m1/s1. The van der Waals surface area contributed by atoms with E-state index in [-0.39, 0.29) is 18.6 Å². The first kappa shape index (κ1) is 25.7. The summed E-state index contributed by atoms with van der Waals surface area (Å²) in [5, 5.41) is 3.56. The summed E-state index contributed by atoms with van der Waals surface area (Å²) in [6, 6.07) is 18.6. The van der Waals surface area contributed by atoms with Crippen LogP contribution in [-0.4, -0.2) is 78.6 Å². The second-order valence-electron chi connectivity index (χ2n) is 11.2. The lowest BCUT2D eigenvalue weighted by Crippen LogP contribution is -2.52. The molecule has 2 amide bonds. The van der Waals surface area contributed by atoms with Crippen molar-refractivity contribution >= 4 is 23.8 Å². The average Bonchev–Trinajstić information content (AvgIpc) is 3.86. The van der Waals surface area contributed by atoms with Gasteiger partial charge in [0.2, 0.25) is 5.91 Å². The number of hydrogen-bond donors (Lipinski definition) is 1. The molecule has 2 aromatic rings. The Morgan fingerprint density at radius 1 is 0.927 bits per heavy atom. The highest BCUT2D eigenvalue weighted by Crippen LogP contribution is 2.47. The van der Waals surface area contributed by atoms with E-state index in [4.69, 9.17) is 4.74 Å². The Morgan fingerprint density at radius 3 is 2.44 bits per heavy atom. The molecule has 5 aliphatic heterocycles. The fourth-order valence-electron chi connectivity index (χ4n) is 6.46. The van der Waals surface area contributed by atoms with Crippen LogP contribution in [0.15, 0.2) is 95.0 Å². The van der Waals surface area contributed by atoms with Crippen molar-refractivity contribution in [3.05, 3.63) is 106 Å². The number of benzene rings is 2. The number of likely N-dealkylation sites (tertiary alicyclic amines) is 1. The molecule has 5 heterocycles. The van der Waals surface area contributed by atoms with E-state index in [1.807, 2.05) is 40.1 Å². The Kier molecular flexibility index (Phi) is 6.63. The van der Waals surface area contributed by atoms with E-state index >= 15 is 0 Å². The summed E-state index contributed by atoms with van der Waals surface area (Å²) in [5.41, 5.74) is 8.32. The number of ether oxygens (including phenoxy) is 1. The molecular formula is C33H35N5O3. The number of piperidine rings is 1. The van der Waals surface area contributed by atoms with Gasteiger partial charge in [-0.15, -0.1) is 0 Å². The fourth-order valence-corrected chi connectivity index (χ4v) is 6.46. The van der Waals surface area contributed by atoms with Crippen LogP contribution in [0.3, 0.4) is 0 Å². The van der Waals surface area contributed by atoms with Gasteiger partial charge in [-0.25, -0.2) is 4.79 Å². The molecule has 8 heteroatoms. The second-order valence-corrected chi connectivity index (χ2v) is 11.2. The zero-order chi connectivity index (χ0) is 27.9. The molecule has 1 atom stereocenters. The van der Waals surface area contributed by atoms with Crippen LogP contribution in [-0.2, 0) is 16.1 Å². The van der Waals surface area contributed by atoms with Crippen molar-refractivity contribution in [3.63, 3.8) is 0 Å². The number of piperazine rings is 1. The SMILES string of the molecule is CC(=O)N1CCN(C2=C3CN(C(=O)OCc4ccccc4)CCC3=C([C@H]3CN3)C3=CC=Cc4ccccc4N32)CC1. The minimum Gasteiger partial charge on any atom is -0.445 e. The maximum absolute atomic E-state index is 13.4. The summed E-state index contributed by atoms with van der Waals surface area (Å²) in [4.78, 5) is 34.1. The van der Waals surface area contributed by atoms with Crippen LogP contribution in [0.1, 0.15) is 24.5 Å². The number of nitrogens with one attached hydrogen (secondary N) is 1. The molecule has 210 valence electrons. The van der Waals surface area contributed by atoms with Gasteiger partial charge in [0.05, 0.1) is 17.9 Å². The molecule has 0 spiro atoms. The van der Waals surface area contributed by atoms with Gasteiger partial charge < -0.3 is 24.8 Å². The first-order valence-electron chi connectivity index (χ1n) is 14.5. The summed E-state index contributed by atoms with van der Waals surface area (Å²) in [7, 11) is 0. The maximum Gasteiger partial charge on any atom is 0.410 e. The largest absolute Gasteiger partial charge is 0.445 e. The van der Waals surface area contributed by atoms with Gasteiger partial charge in [-0.3, -0.25) is 9.69 Å². The van der Waals surface area contributed by atoms with Gasteiger partial charge in [-0.2, -0.15) is 0 Å². The Labute approximate surface area is 240 Å². The number of hydrogen-bond acceptors (Lipinski definition) is 6. The monoisotopic (exact) mass is 549 g/mol. The number of carbonyl (C=O) groups is 2. The predicted molar refractivity (Wildman–Crippen MR) is 159 cm³/mol. The molecule has 2 aromatic carbocycles. The van der Waals surface area contributed by atoms with E-state index in [2.05, 4.69) is 57.6 Å². The lowest BCUT2D eigenvalue weighted by Gasteiger charge is -2.48. The molecule has 8 nitrogen and oxygen atoms in total. The molecular weight excluding hydrogens is 514 g/mol. The molecule has 3 fully saturated rings. The molecule has 41 heavy (non-hydrogen) atoms. The third kappa shape index (κ3) is 4.82. The molecule has 0 aromatic heterocycles. The van der Waals surface area contributed by atoms with Gasteiger partial charge in [-0.1, -0.05) is 60.7 Å². The number of rotatable bonds is 4. The topological polar surface area (TPSA) is 78.3 Å². The molecule has 0 radical (unpaired) electrons. The van der Waals surface area contributed by atoms with Crippen LogP contribution in [0.5, 0.6) is 0 Å². The molecule has 5 aliphatic rings. The van der Waals surface area contributed by atoms with Crippen LogP contribution in [0.4, 0.5) is 10.5 Å². The van der Waals surface area contributed by atoms with Crippen molar-refractivity contribution in [2.24, 2.45) is 0 Å². The van der Waals surface area contributed by atoms with Crippen LogP contribution >= 0.6 is 0 Å². The van der Waals surface area contributed by atoms with Crippen LogP contribution in [0.25, 0.3) is 6.08 Å². The number of amides is 2. The minimum absolute atomic E-state index is 0.114. The van der Waals surface area contributed by atoms with Crippen molar-refractivity contribution in [3.8, 4) is 0 Å². The smallest absolute Gasteiger partial charge is 0.410 e. The quantitative estimate of drug-likeness (QED) is 0.579. The highest BCUT2D eigenvalue weighted by Gasteiger charge is 2.43. The highest BCUT2D eigenvalue weighted by molar-refractivity contribution is 5.81. The van der Waals surface area contributed by atoms with Gasteiger partial charge in [0.15, 0.2) is 0 Å². The predicted octanol–water partition coefficient (Wildman–Crippen LogP) is 4.10. The fraction of sp³-hybridized carbons (Fsp3) is 0.333. The lowest BCUT2D eigenvalue weighted by molar-refractivity contribution is -0.130. The average molecular weight is 550 g/mol. The van der Waals surface area contributed by atoms with Crippen molar-refractivity contribution in [2.45, 2.75) is 26.0 Å². The van der Waals surface area contributed by atoms with E-state index in [9.17, 15) is 9.59 Å². The molecule has 3 saturated heterocycles. The molecule has 0 saturated carbocycles. The van der Waals surface area contributed by atoms with E-state index in [1.54, 1.807) is 6.92 Å².